The predicted octanol–water partition coefficient (Wildman–Crippen LogP) is 3.47. The van der Waals surface area contributed by atoms with Gasteiger partial charge in [0.15, 0.2) is 5.76 Å². The lowest BCUT2D eigenvalue weighted by atomic mass is 10.2. The fourth-order valence-corrected chi connectivity index (χ4v) is 2.91. The second-order valence-electron chi connectivity index (χ2n) is 5.37. The number of oxazole rings is 1. The number of nitrogens with one attached hydrogen (secondary N) is 1. The molecule has 130 valence electrons. The second-order valence-corrected chi connectivity index (χ2v) is 7.13. The topological polar surface area (TPSA) is 81.2 Å². The van der Waals surface area contributed by atoms with Gasteiger partial charge in [0, 0.05) is 17.1 Å². The molecule has 0 saturated carbocycles. The third kappa shape index (κ3) is 5.85. The number of nitrogens with two attached hydrogens (primary N) is 1. The van der Waals surface area contributed by atoms with Crippen LogP contribution in [-0.4, -0.2) is 29.2 Å². The van der Waals surface area contributed by atoms with Crippen molar-refractivity contribution in [3.05, 3.63) is 41.4 Å². The van der Waals surface area contributed by atoms with Gasteiger partial charge in [-0.25, -0.2) is 4.98 Å². The zero-order chi connectivity index (χ0) is 17.4. The van der Waals surface area contributed by atoms with E-state index in [0.29, 0.717) is 35.5 Å². The van der Waals surface area contributed by atoms with Crippen LogP contribution in [0.1, 0.15) is 25.7 Å². The van der Waals surface area contributed by atoms with Crippen LogP contribution in [0, 0.1) is 0 Å². The molecule has 1 unspecified atom stereocenters. The van der Waals surface area contributed by atoms with Crippen molar-refractivity contribution < 1.29 is 9.21 Å². The number of carbonyl (C=O) groups excluding carboxylic acids is 1. The Labute approximate surface area is 151 Å². The summed E-state index contributed by atoms with van der Waals surface area (Å²) in [5, 5.41) is 3.43. The zero-order valence-electron chi connectivity index (χ0n) is 13.6. The average Bonchev–Trinajstić information content (AvgIpc) is 3.06. The van der Waals surface area contributed by atoms with Crippen molar-refractivity contribution in [2.75, 3.05) is 13.1 Å². The maximum atomic E-state index is 12.0. The number of amides is 1. The summed E-state index contributed by atoms with van der Waals surface area (Å²) in [6, 6.07) is 7.39. The molecule has 0 aliphatic rings. The highest BCUT2D eigenvalue weighted by atomic mass is 35.5. The number of hydrogen-bond acceptors (Lipinski definition) is 5. The van der Waals surface area contributed by atoms with Gasteiger partial charge in [-0.2, -0.15) is 0 Å². The minimum atomic E-state index is -0.159. The molecule has 0 spiro atoms. The third-order valence-corrected chi connectivity index (χ3v) is 4.82. The van der Waals surface area contributed by atoms with Gasteiger partial charge in [-0.15, -0.1) is 11.8 Å². The van der Waals surface area contributed by atoms with Crippen LogP contribution >= 0.6 is 23.4 Å². The van der Waals surface area contributed by atoms with Crippen LogP contribution in [-0.2, 0) is 10.5 Å². The van der Waals surface area contributed by atoms with Crippen LogP contribution in [0.25, 0.3) is 11.3 Å². The molecule has 1 aromatic carbocycles. The van der Waals surface area contributed by atoms with Gasteiger partial charge in [-0.3, -0.25) is 4.79 Å². The fraction of sp³-hybridized carbons (Fsp3) is 0.412. The van der Waals surface area contributed by atoms with Crippen molar-refractivity contribution in [1.82, 2.24) is 10.3 Å². The first-order valence-corrected chi connectivity index (χ1v) is 9.33. The van der Waals surface area contributed by atoms with E-state index in [0.717, 1.165) is 18.4 Å². The quantitative estimate of drug-likeness (QED) is 0.663. The summed E-state index contributed by atoms with van der Waals surface area (Å²) in [5.41, 5.74) is 6.35. The van der Waals surface area contributed by atoms with Gasteiger partial charge < -0.3 is 15.5 Å². The number of carbonyl (C=O) groups is 1. The number of thioether (sulfide) groups is 1. The first kappa shape index (κ1) is 18.8. The highest BCUT2D eigenvalue weighted by molar-refractivity contribution is 7.99. The molecule has 1 heterocycles. The van der Waals surface area contributed by atoms with Crippen molar-refractivity contribution in [2.45, 2.75) is 30.8 Å². The summed E-state index contributed by atoms with van der Waals surface area (Å²) in [6.07, 6.45) is 3.52. The van der Waals surface area contributed by atoms with E-state index in [9.17, 15) is 4.79 Å². The Balaban J connectivity index is 1.80. The van der Waals surface area contributed by atoms with E-state index in [1.54, 1.807) is 6.20 Å². The Bertz CT molecular complexity index is 646. The summed E-state index contributed by atoms with van der Waals surface area (Å²) in [5.74, 6) is 1.88. The normalized spacial score (nSPS) is 12.1. The smallest absolute Gasteiger partial charge is 0.232 e. The van der Waals surface area contributed by atoms with Crippen LogP contribution in [0.4, 0.5) is 0 Å². The highest BCUT2D eigenvalue weighted by Crippen LogP contribution is 2.25. The van der Waals surface area contributed by atoms with Gasteiger partial charge in [0.25, 0.3) is 0 Å². The highest BCUT2D eigenvalue weighted by Gasteiger charge is 2.15. The van der Waals surface area contributed by atoms with Crippen molar-refractivity contribution >= 4 is 29.3 Å². The molecule has 7 heteroatoms. The molecule has 0 aliphatic heterocycles. The maximum Gasteiger partial charge on any atom is 0.232 e. The minimum absolute atomic E-state index is 0.0292. The van der Waals surface area contributed by atoms with E-state index in [1.165, 1.54) is 11.8 Å². The molecule has 5 nitrogen and oxygen atoms in total. The van der Waals surface area contributed by atoms with E-state index >= 15 is 0 Å². The monoisotopic (exact) mass is 367 g/mol. The molecule has 2 rings (SSSR count). The summed E-state index contributed by atoms with van der Waals surface area (Å²) >= 11 is 7.38. The molecule has 0 radical (unpaired) electrons. The van der Waals surface area contributed by atoms with Crippen LogP contribution < -0.4 is 11.1 Å². The lowest BCUT2D eigenvalue weighted by Crippen LogP contribution is -2.31. The van der Waals surface area contributed by atoms with Gasteiger partial charge in [-0.1, -0.05) is 11.6 Å². The number of rotatable bonds is 9. The fourth-order valence-electron chi connectivity index (χ4n) is 2.02. The number of unbranched alkanes of at least 4 members (excludes halogenated alkanes) is 1. The molecule has 0 bridgehead atoms. The van der Waals surface area contributed by atoms with Crippen LogP contribution in [0.2, 0.25) is 5.02 Å². The largest absolute Gasteiger partial charge is 0.440 e. The number of nitrogens with zero attached hydrogens (tertiary/aromatic N) is 1. The van der Waals surface area contributed by atoms with E-state index in [2.05, 4.69) is 10.3 Å². The second kappa shape index (κ2) is 9.71. The number of aromatic nitrogens is 1. The zero-order valence-corrected chi connectivity index (χ0v) is 15.2. The summed E-state index contributed by atoms with van der Waals surface area (Å²) in [4.78, 5) is 16.2. The lowest BCUT2D eigenvalue weighted by molar-refractivity contribution is -0.120. The van der Waals surface area contributed by atoms with E-state index in [-0.39, 0.29) is 11.2 Å². The minimum Gasteiger partial charge on any atom is -0.440 e. The van der Waals surface area contributed by atoms with Crippen LogP contribution in [0.15, 0.2) is 34.9 Å². The van der Waals surface area contributed by atoms with E-state index in [1.807, 2.05) is 31.2 Å². The standard InChI is InChI=1S/C17H22ClN3O2S/c1-12(17(22)20-9-3-2-8-19)24-11-16-21-10-15(23-16)13-4-6-14(18)7-5-13/h4-7,10,12H,2-3,8-9,11,19H2,1H3,(H,20,22). The van der Waals surface area contributed by atoms with Crippen molar-refractivity contribution in [2.24, 2.45) is 5.73 Å². The summed E-state index contributed by atoms with van der Waals surface area (Å²) in [7, 11) is 0. The third-order valence-electron chi connectivity index (χ3n) is 3.44. The molecule has 24 heavy (non-hydrogen) atoms. The molecule has 0 fully saturated rings. The molecular weight excluding hydrogens is 346 g/mol. The molecule has 0 aliphatic carbocycles. The van der Waals surface area contributed by atoms with Gasteiger partial charge in [0.05, 0.1) is 17.2 Å². The number of hydrogen-bond donors (Lipinski definition) is 2. The summed E-state index contributed by atoms with van der Waals surface area (Å²) < 4.78 is 5.73. The molecule has 1 amide bonds. The van der Waals surface area contributed by atoms with Gasteiger partial charge in [0.2, 0.25) is 11.8 Å². The van der Waals surface area contributed by atoms with E-state index < -0.39 is 0 Å². The Hall–Kier alpha value is -1.50. The molecule has 2 aromatic rings. The Morgan fingerprint density at radius 2 is 2.12 bits per heavy atom. The van der Waals surface area contributed by atoms with Gasteiger partial charge in [0.1, 0.15) is 0 Å². The molecule has 3 N–H and O–H groups in total. The molecular formula is C17H22ClN3O2S. The van der Waals surface area contributed by atoms with Crippen LogP contribution in [0.3, 0.4) is 0 Å². The maximum absolute atomic E-state index is 12.0. The number of halogens is 1. The van der Waals surface area contributed by atoms with Gasteiger partial charge in [-0.05, 0) is 50.6 Å². The Morgan fingerprint density at radius 3 is 2.83 bits per heavy atom. The van der Waals surface area contributed by atoms with Crippen LogP contribution in [0.5, 0.6) is 0 Å². The average molecular weight is 368 g/mol. The van der Waals surface area contributed by atoms with Crippen molar-refractivity contribution in [1.29, 1.82) is 0 Å². The summed E-state index contributed by atoms with van der Waals surface area (Å²) in [6.45, 7) is 3.20. The first-order valence-electron chi connectivity index (χ1n) is 7.90. The van der Waals surface area contributed by atoms with Crippen molar-refractivity contribution in [3.8, 4) is 11.3 Å². The van der Waals surface area contributed by atoms with E-state index in [4.69, 9.17) is 21.8 Å². The predicted molar refractivity (Wildman–Crippen MR) is 99.0 cm³/mol. The Kier molecular flexibility index (Phi) is 7.62. The van der Waals surface area contributed by atoms with Gasteiger partial charge >= 0.3 is 0 Å². The SMILES string of the molecule is CC(SCc1ncc(-c2ccc(Cl)cc2)o1)C(=O)NCCCCN. The lowest BCUT2D eigenvalue weighted by Gasteiger charge is -2.10. The molecule has 1 aromatic heterocycles. The van der Waals surface area contributed by atoms with Crippen molar-refractivity contribution in [3.63, 3.8) is 0 Å². The Morgan fingerprint density at radius 1 is 1.38 bits per heavy atom. The molecule has 1 atom stereocenters. The first-order chi connectivity index (χ1) is 11.6. The number of benzene rings is 1. The molecule has 0 saturated heterocycles.